The summed E-state index contributed by atoms with van der Waals surface area (Å²) in [7, 11) is 4.84. The lowest BCUT2D eigenvalue weighted by Gasteiger charge is -2.31. The quantitative estimate of drug-likeness (QED) is 0.656. The Bertz CT molecular complexity index is 978. The first-order chi connectivity index (χ1) is 14.2. The molecule has 29 heavy (non-hydrogen) atoms. The number of fused-ring (bicyclic) bond motifs is 1. The fraction of sp³-hybridized carbons (Fsp3) is 0.500. The molecule has 4 rings (SSSR count). The average molecular weight is 419 g/mol. The van der Waals surface area contributed by atoms with Crippen molar-refractivity contribution < 1.29 is 19.3 Å². The Morgan fingerprint density at radius 1 is 1.00 bits per heavy atom. The van der Waals surface area contributed by atoms with Crippen molar-refractivity contribution in [3.05, 3.63) is 28.9 Å². The molecule has 2 aromatic heterocycles. The third-order valence-electron chi connectivity index (χ3n) is 5.42. The molecule has 1 atom stereocenters. The van der Waals surface area contributed by atoms with Crippen molar-refractivity contribution in [2.45, 2.75) is 31.7 Å². The maximum Gasteiger partial charge on any atom is 0.230 e. The summed E-state index contributed by atoms with van der Waals surface area (Å²) in [6.07, 6.45) is 6.12. The molecule has 0 bridgehead atoms. The Balaban J connectivity index is 1.91. The highest BCUT2D eigenvalue weighted by molar-refractivity contribution is 7.17. The number of nitrogens with zero attached hydrogens (tertiary/aromatic N) is 4. The van der Waals surface area contributed by atoms with Crippen molar-refractivity contribution in [1.82, 2.24) is 19.5 Å². The molecule has 1 aliphatic heterocycles. The molecule has 1 saturated heterocycles. The lowest BCUT2D eigenvalue weighted by atomic mass is 10.0. The third-order valence-corrected chi connectivity index (χ3v) is 6.51. The van der Waals surface area contributed by atoms with Gasteiger partial charge in [0.1, 0.15) is 6.33 Å². The summed E-state index contributed by atoms with van der Waals surface area (Å²) in [4.78, 5) is 8.13. The summed E-state index contributed by atoms with van der Waals surface area (Å²) in [5.74, 6) is 1.88. The van der Waals surface area contributed by atoms with Gasteiger partial charge in [-0.2, -0.15) is 9.61 Å². The lowest BCUT2D eigenvalue weighted by molar-refractivity contribution is 0.226. The van der Waals surface area contributed by atoms with Crippen LogP contribution in [0.3, 0.4) is 0 Å². The Labute approximate surface area is 173 Å². The Morgan fingerprint density at radius 3 is 2.34 bits per heavy atom. The number of aromatic hydroxyl groups is 1. The van der Waals surface area contributed by atoms with Gasteiger partial charge in [0.15, 0.2) is 11.5 Å². The smallest absolute Gasteiger partial charge is 0.230 e. The number of likely N-dealkylation sites (tertiary alicyclic amines) is 1. The minimum Gasteiger partial charge on any atom is -0.493 e. The zero-order chi connectivity index (χ0) is 20.4. The number of hydrogen-bond donors (Lipinski definition) is 1. The van der Waals surface area contributed by atoms with Crippen LogP contribution in [0.1, 0.15) is 42.2 Å². The van der Waals surface area contributed by atoms with E-state index in [1.807, 2.05) is 12.1 Å². The van der Waals surface area contributed by atoms with E-state index in [1.54, 1.807) is 21.3 Å². The molecule has 0 spiro atoms. The Kier molecular flexibility index (Phi) is 5.77. The fourth-order valence-corrected chi connectivity index (χ4v) is 5.15. The van der Waals surface area contributed by atoms with Gasteiger partial charge in [0.05, 0.1) is 32.2 Å². The molecular weight excluding hydrogens is 392 g/mol. The van der Waals surface area contributed by atoms with Crippen LogP contribution < -0.4 is 14.2 Å². The monoisotopic (exact) mass is 418 g/mol. The number of benzene rings is 1. The summed E-state index contributed by atoms with van der Waals surface area (Å²) in [5.41, 5.74) is 0.923. The van der Waals surface area contributed by atoms with Crippen LogP contribution in [0.4, 0.5) is 0 Å². The summed E-state index contributed by atoms with van der Waals surface area (Å²) in [5, 5.41) is 15.1. The largest absolute Gasteiger partial charge is 0.493 e. The molecule has 0 saturated carbocycles. The first-order valence-electron chi connectivity index (χ1n) is 9.73. The molecule has 0 amide bonds. The second kappa shape index (κ2) is 8.46. The Hall–Kier alpha value is -2.52. The standard InChI is InChI=1S/C20H26N4O4S/c1-26-14-9-8-13(16(27-2)17(14)28-3)15(23-10-6-4-5-7-11-23)18-19(25)24-20(29-18)21-12-22-24/h8-9,12,15,25H,4-7,10-11H2,1-3H3/t15-/m1/s1. The van der Waals surface area contributed by atoms with E-state index in [1.165, 1.54) is 35.0 Å². The molecule has 0 aliphatic carbocycles. The van der Waals surface area contributed by atoms with E-state index in [0.717, 1.165) is 36.4 Å². The molecule has 1 aromatic carbocycles. The SMILES string of the molecule is COc1ccc([C@H](c2sc3ncnn3c2O)N2CCCCCC2)c(OC)c1OC. The number of hydrogen-bond acceptors (Lipinski definition) is 8. The minimum absolute atomic E-state index is 0.119. The molecular formula is C20H26N4O4S. The van der Waals surface area contributed by atoms with Crippen molar-refractivity contribution in [3.8, 4) is 23.1 Å². The normalized spacial score (nSPS) is 16.5. The van der Waals surface area contributed by atoms with E-state index in [4.69, 9.17) is 14.2 Å². The van der Waals surface area contributed by atoms with Crippen LogP contribution in [0.5, 0.6) is 23.1 Å². The van der Waals surface area contributed by atoms with Crippen LogP contribution in [0, 0.1) is 0 Å². The highest BCUT2D eigenvalue weighted by atomic mass is 32.1. The Morgan fingerprint density at radius 2 is 1.72 bits per heavy atom. The van der Waals surface area contributed by atoms with Gasteiger partial charge in [-0.15, -0.1) is 0 Å². The second-order valence-corrected chi connectivity index (χ2v) is 8.03. The minimum atomic E-state index is -0.198. The number of rotatable bonds is 6. The van der Waals surface area contributed by atoms with Crippen LogP contribution >= 0.6 is 11.3 Å². The molecule has 9 heteroatoms. The van der Waals surface area contributed by atoms with E-state index in [9.17, 15) is 5.11 Å². The van der Waals surface area contributed by atoms with E-state index >= 15 is 0 Å². The fourth-order valence-electron chi connectivity index (χ4n) is 4.07. The number of ether oxygens (including phenoxy) is 3. The second-order valence-electron chi connectivity index (χ2n) is 7.02. The van der Waals surface area contributed by atoms with Gasteiger partial charge in [-0.25, -0.2) is 4.98 Å². The number of aromatic nitrogens is 3. The summed E-state index contributed by atoms with van der Waals surface area (Å²) in [6.45, 7) is 1.88. The van der Waals surface area contributed by atoms with Gasteiger partial charge in [-0.1, -0.05) is 24.2 Å². The van der Waals surface area contributed by atoms with E-state index < -0.39 is 0 Å². The van der Waals surface area contributed by atoms with Crippen LogP contribution in [0.25, 0.3) is 4.96 Å². The summed E-state index contributed by atoms with van der Waals surface area (Å²) >= 11 is 1.45. The van der Waals surface area contributed by atoms with Gasteiger partial charge in [0, 0.05) is 5.56 Å². The summed E-state index contributed by atoms with van der Waals surface area (Å²) in [6, 6.07) is 3.68. The van der Waals surface area contributed by atoms with E-state index in [0.29, 0.717) is 22.2 Å². The van der Waals surface area contributed by atoms with Crippen molar-refractivity contribution in [1.29, 1.82) is 0 Å². The van der Waals surface area contributed by atoms with Crippen LogP contribution in [0.2, 0.25) is 0 Å². The van der Waals surface area contributed by atoms with E-state index in [2.05, 4.69) is 15.0 Å². The highest BCUT2D eigenvalue weighted by Crippen LogP contribution is 2.48. The van der Waals surface area contributed by atoms with Gasteiger partial charge in [0.25, 0.3) is 0 Å². The third kappa shape index (κ3) is 3.49. The zero-order valence-electron chi connectivity index (χ0n) is 16.9. The summed E-state index contributed by atoms with van der Waals surface area (Å²) < 4.78 is 18.3. The van der Waals surface area contributed by atoms with Gasteiger partial charge in [-0.3, -0.25) is 4.90 Å². The van der Waals surface area contributed by atoms with Crippen molar-refractivity contribution in [2.75, 3.05) is 34.4 Å². The van der Waals surface area contributed by atoms with Crippen LogP contribution in [-0.2, 0) is 0 Å². The number of thiazole rings is 1. The topological polar surface area (TPSA) is 81.4 Å². The molecule has 3 heterocycles. The van der Waals surface area contributed by atoms with Crippen LogP contribution in [0.15, 0.2) is 18.5 Å². The van der Waals surface area contributed by atoms with Crippen molar-refractivity contribution in [2.24, 2.45) is 0 Å². The maximum atomic E-state index is 10.9. The van der Waals surface area contributed by atoms with Crippen molar-refractivity contribution in [3.63, 3.8) is 0 Å². The molecule has 8 nitrogen and oxygen atoms in total. The molecule has 1 N–H and O–H groups in total. The lowest BCUT2D eigenvalue weighted by Crippen LogP contribution is -2.30. The van der Waals surface area contributed by atoms with Gasteiger partial charge in [-0.05, 0) is 38.1 Å². The molecule has 0 unspecified atom stereocenters. The maximum absolute atomic E-state index is 10.9. The average Bonchev–Trinajstić information content (AvgIpc) is 3.21. The van der Waals surface area contributed by atoms with Gasteiger partial charge >= 0.3 is 0 Å². The predicted molar refractivity (Wildman–Crippen MR) is 111 cm³/mol. The molecule has 156 valence electrons. The zero-order valence-corrected chi connectivity index (χ0v) is 17.7. The first kappa shape index (κ1) is 19.8. The van der Waals surface area contributed by atoms with Crippen molar-refractivity contribution >= 4 is 16.3 Å². The van der Waals surface area contributed by atoms with Gasteiger partial charge in [0.2, 0.25) is 16.6 Å². The van der Waals surface area contributed by atoms with Crippen LogP contribution in [-0.4, -0.2) is 59.0 Å². The van der Waals surface area contributed by atoms with E-state index in [-0.39, 0.29) is 11.9 Å². The number of methoxy groups -OCH3 is 3. The van der Waals surface area contributed by atoms with Gasteiger partial charge < -0.3 is 19.3 Å². The first-order valence-corrected chi connectivity index (χ1v) is 10.6. The molecule has 3 aromatic rings. The molecule has 1 fully saturated rings. The molecule has 0 radical (unpaired) electrons. The predicted octanol–water partition coefficient (Wildman–Crippen LogP) is 3.49. The highest BCUT2D eigenvalue weighted by Gasteiger charge is 2.33. The molecule has 1 aliphatic rings.